The number of rotatable bonds is 1. The fraction of sp³-hybridized carbons (Fsp3) is 0.273. The van der Waals surface area contributed by atoms with Crippen LogP contribution in [0, 0.1) is 19.3 Å². The summed E-state index contributed by atoms with van der Waals surface area (Å²) in [6.45, 7) is 4.11. The van der Waals surface area contributed by atoms with Crippen LogP contribution in [0.3, 0.4) is 0 Å². The lowest BCUT2D eigenvalue weighted by molar-refractivity contribution is 0.985. The van der Waals surface area contributed by atoms with E-state index in [0.29, 0.717) is 0 Å². The third kappa shape index (κ3) is 1.70. The average Bonchev–Trinajstić information content (AvgIpc) is 2.08. The van der Waals surface area contributed by atoms with Crippen molar-refractivity contribution >= 4 is 15.9 Å². The maximum Gasteiger partial charge on any atom is 0.0424 e. The van der Waals surface area contributed by atoms with Crippen LogP contribution in [0.1, 0.15) is 24.0 Å². The fourth-order valence-electron chi connectivity index (χ4n) is 1.18. The average molecular weight is 223 g/mol. The van der Waals surface area contributed by atoms with Gasteiger partial charge in [0, 0.05) is 10.4 Å². The number of terminal acetylenes is 1. The minimum Gasteiger partial charge on any atom is -0.119 e. The van der Waals surface area contributed by atoms with Gasteiger partial charge in [0.25, 0.3) is 0 Å². The Labute approximate surface area is 82.1 Å². The number of halogens is 1. The zero-order valence-corrected chi connectivity index (χ0v) is 8.85. The van der Waals surface area contributed by atoms with Gasteiger partial charge >= 0.3 is 0 Å². The van der Waals surface area contributed by atoms with Crippen LogP contribution in [-0.2, 0) is 0 Å². The Bertz CT molecular complexity index is 320. The topological polar surface area (TPSA) is 0 Å². The second kappa shape index (κ2) is 3.78. The molecule has 0 aliphatic rings. The van der Waals surface area contributed by atoms with Gasteiger partial charge in [-0.2, -0.15) is 0 Å². The maximum atomic E-state index is 5.36. The summed E-state index contributed by atoms with van der Waals surface area (Å²) in [5.74, 6) is 2.93. The van der Waals surface area contributed by atoms with Gasteiger partial charge in [0.15, 0.2) is 0 Å². The van der Waals surface area contributed by atoms with Gasteiger partial charge in [0.1, 0.15) is 0 Å². The Morgan fingerprint density at radius 3 is 2.75 bits per heavy atom. The Morgan fingerprint density at radius 2 is 2.17 bits per heavy atom. The second-order valence-electron chi connectivity index (χ2n) is 2.84. The van der Waals surface area contributed by atoms with Crippen LogP contribution < -0.4 is 0 Å². The lowest BCUT2D eigenvalue weighted by Crippen LogP contribution is -1.93. The van der Waals surface area contributed by atoms with Crippen LogP contribution in [0.15, 0.2) is 22.7 Å². The van der Waals surface area contributed by atoms with E-state index in [0.717, 1.165) is 4.47 Å². The van der Waals surface area contributed by atoms with Crippen molar-refractivity contribution in [2.75, 3.05) is 0 Å². The van der Waals surface area contributed by atoms with Crippen LogP contribution >= 0.6 is 15.9 Å². The minimum absolute atomic E-state index is 0.197. The zero-order chi connectivity index (χ0) is 9.14. The molecule has 0 heterocycles. The first-order valence-electron chi connectivity index (χ1n) is 3.88. The molecule has 1 heteroatoms. The van der Waals surface area contributed by atoms with Crippen LogP contribution in [-0.4, -0.2) is 0 Å². The third-order valence-corrected chi connectivity index (χ3v) is 2.89. The van der Waals surface area contributed by atoms with E-state index in [4.69, 9.17) is 6.42 Å². The molecule has 0 radical (unpaired) electrons. The van der Waals surface area contributed by atoms with Gasteiger partial charge in [-0.3, -0.25) is 0 Å². The molecule has 1 atom stereocenters. The van der Waals surface area contributed by atoms with Crippen molar-refractivity contribution in [1.29, 1.82) is 0 Å². The highest BCUT2D eigenvalue weighted by Gasteiger charge is 2.06. The second-order valence-corrected chi connectivity index (χ2v) is 3.70. The fourth-order valence-corrected chi connectivity index (χ4v) is 1.56. The first-order valence-corrected chi connectivity index (χ1v) is 4.67. The molecule has 0 saturated heterocycles. The standard InChI is InChI=1S/C11H11Br/c1-4-8(2)10-6-5-7-11(12)9(10)3/h1,5-8H,2-3H3. The Kier molecular flexibility index (Phi) is 2.94. The van der Waals surface area contributed by atoms with Gasteiger partial charge in [0.2, 0.25) is 0 Å². The van der Waals surface area contributed by atoms with Crippen LogP contribution in [0.2, 0.25) is 0 Å². The summed E-state index contributed by atoms with van der Waals surface area (Å²) in [4.78, 5) is 0. The largest absolute Gasteiger partial charge is 0.119 e. The van der Waals surface area contributed by atoms with Gasteiger partial charge in [-0.05, 0) is 31.0 Å². The number of hydrogen-bond acceptors (Lipinski definition) is 0. The van der Waals surface area contributed by atoms with E-state index in [9.17, 15) is 0 Å². The lowest BCUT2D eigenvalue weighted by Gasteiger charge is -2.09. The summed E-state index contributed by atoms with van der Waals surface area (Å²) in [6, 6.07) is 6.12. The van der Waals surface area contributed by atoms with E-state index in [2.05, 4.69) is 34.8 Å². The molecule has 0 aliphatic heterocycles. The molecule has 0 N–H and O–H groups in total. The molecule has 0 bridgehead atoms. The zero-order valence-electron chi connectivity index (χ0n) is 7.26. The van der Waals surface area contributed by atoms with Crippen molar-refractivity contribution in [3.05, 3.63) is 33.8 Å². The number of hydrogen-bond donors (Lipinski definition) is 0. The highest BCUT2D eigenvalue weighted by Crippen LogP contribution is 2.24. The first kappa shape index (κ1) is 9.35. The molecule has 1 aromatic rings. The molecule has 0 spiro atoms. The van der Waals surface area contributed by atoms with Crippen molar-refractivity contribution in [3.63, 3.8) is 0 Å². The van der Waals surface area contributed by atoms with Gasteiger partial charge in [-0.15, -0.1) is 6.42 Å². The van der Waals surface area contributed by atoms with Crippen LogP contribution in [0.5, 0.6) is 0 Å². The van der Waals surface area contributed by atoms with E-state index in [-0.39, 0.29) is 5.92 Å². The van der Waals surface area contributed by atoms with E-state index in [1.807, 2.05) is 19.1 Å². The molecule has 0 amide bonds. The van der Waals surface area contributed by atoms with Crippen LogP contribution in [0.25, 0.3) is 0 Å². The van der Waals surface area contributed by atoms with Gasteiger partial charge in [-0.1, -0.05) is 34.0 Å². The molecule has 62 valence electrons. The van der Waals surface area contributed by atoms with Gasteiger partial charge in [-0.25, -0.2) is 0 Å². The summed E-state index contributed by atoms with van der Waals surface area (Å²) in [7, 11) is 0. The van der Waals surface area contributed by atoms with Gasteiger partial charge in [0.05, 0.1) is 0 Å². The molecule has 1 unspecified atom stereocenters. The van der Waals surface area contributed by atoms with E-state index < -0.39 is 0 Å². The SMILES string of the molecule is C#CC(C)c1cccc(Br)c1C. The van der Waals surface area contributed by atoms with Crippen molar-refractivity contribution in [3.8, 4) is 12.3 Å². The molecule has 12 heavy (non-hydrogen) atoms. The Balaban J connectivity index is 3.18. The van der Waals surface area contributed by atoms with E-state index in [1.54, 1.807) is 0 Å². The predicted octanol–water partition coefficient (Wildman–Crippen LogP) is 3.49. The Hall–Kier alpha value is -0.740. The molecule has 0 aromatic heterocycles. The van der Waals surface area contributed by atoms with Crippen LogP contribution in [0.4, 0.5) is 0 Å². The molecule has 0 saturated carbocycles. The predicted molar refractivity (Wildman–Crippen MR) is 56.1 cm³/mol. The smallest absolute Gasteiger partial charge is 0.0424 e. The lowest BCUT2D eigenvalue weighted by atomic mass is 9.97. The summed E-state index contributed by atoms with van der Waals surface area (Å²) < 4.78 is 1.13. The van der Waals surface area contributed by atoms with E-state index >= 15 is 0 Å². The molecular weight excluding hydrogens is 212 g/mol. The van der Waals surface area contributed by atoms with Crippen molar-refractivity contribution < 1.29 is 0 Å². The van der Waals surface area contributed by atoms with Gasteiger partial charge < -0.3 is 0 Å². The highest BCUT2D eigenvalue weighted by atomic mass is 79.9. The van der Waals surface area contributed by atoms with Crippen molar-refractivity contribution in [2.45, 2.75) is 19.8 Å². The minimum atomic E-state index is 0.197. The normalized spacial score (nSPS) is 12.2. The first-order chi connectivity index (χ1) is 5.66. The third-order valence-electron chi connectivity index (χ3n) is 2.03. The summed E-state index contributed by atoms with van der Waals surface area (Å²) in [6.07, 6.45) is 5.36. The molecule has 0 aliphatic carbocycles. The molecule has 0 nitrogen and oxygen atoms in total. The van der Waals surface area contributed by atoms with E-state index in [1.165, 1.54) is 11.1 Å². The highest BCUT2D eigenvalue weighted by molar-refractivity contribution is 9.10. The Morgan fingerprint density at radius 1 is 1.50 bits per heavy atom. The molecular formula is C11H11Br. The van der Waals surface area contributed by atoms with Crippen molar-refractivity contribution in [2.24, 2.45) is 0 Å². The summed E-state index contributed by atoms with van der Waals surface area (Å²) in [5, 5.41) is 0. The maximum absolute atomic E-state index is 5.36. The summed E-state index contributed by atoms with van der Waals surface area (Å²) >= 11 is 3.47. The number of benzene rings is 1. The van der Waals surface area contributed by atoms with Crippen molar-refractivity contribution in [1.82, 2.24) is 0 Å². The monoisotopic (exact) mass is 222 g/mol. The summed E-state index contributed by atoms with van der Waals surface area (Å²) in [5.41, 5.74) is 2.47. The quantitative estimate of drug-likeness (QED) is 0.639. The molecule has 0 fully saturated rings. The molecule has 1 rings (SSSR count). The molecule has 1 aromatic carbocycles.